The molecule has 0 radical (unpaired) electrons. The van der Waals surface area contributed by atoms with Gasteiger partial charge in [-0.3, -0.25) is 9.97 Å². The highest BCUT2D eigenvalue weighted by molar-refractivity contribution is 7.94. The molecule has 47 heavy (non-hydrogen) atoms. The Balaban J connectivity index is 0.000000488. The third-order valence-electron chi connectivity index (χ3n) is 6.93. The van der Waals surface area contributed by atoms with E-state index < -0.39 is 28.1 Å². The Morgan fingerprint density at radius 1 is 0.851 bits per heavy atom. The van der Waals surface area contributed by atoms with Gasteiger partial charge in [-0.05, 0) is 35.4 Å². The molecule has 248 valence electrons. The van der Waals surface area contributed by atoms with Gasteiger partial charge in [-0.15, -0.1) is 4.49 Å². The number of aliphatic hydroxyl groups is 3. The number of hydrogen-bond acceptors (Lipinski definition) is 12. The molecule has 0 aliphatic rings. The minimum Gasteiger partial charge on any atom is -0.396 e. The van der Waals surface area contributed by atoms with Crippen molar-refractivity contribution < 1.29 is 38.1 Å². The Morgan fingerprint density at radius 2 is 1.55 bits per heavy atom. The molecule has 5 aromatic rings. The monoisotopic (exact) mass is 683 g/mol. The van der Waals surface area contributed by atoms with E-state index in [0.29, 0.717) is 17.9 Å². The maximum atomic E-state index is 12.5. The number of sulfonamides is 1. The second kappa shape index (κ2) is 15.6. The molecule has 2 aromatic carbocycles. The first-order valence-corrected chi connectivity index (χ1v) is 17.1. The highest BCUT2D eigenvalue weighted by Gasteiger charge is 2.27. The second-order valence-electron chi connectivity index (χ2n) is 10.4. The highest BCUT2D eigenvalue weighted by atomic mass is 32.2. The lowest BCUT2D eigenvalue weighted by Gasteiger charge is -2.24. The van der Waals surface area contributed by atoms with Crippen LogP contribution in [0.4, 0.5) is 5.82 Å². The normalized spacial score (nSPS) is 12.0. The number of nitrogens with two attached hydrogens (primary N) is 1. The Labute approximate surface area is 270 Å². The van der Waals surface area contributed by atoms with Gasteiger partial charge in [0.1, 0.15) is 10.7 Å². The first-order chi connectivity index (χ1) is 22.4. The lowest BCUT2D eigenvalue weighted by atomic mass is 9.92. The van der Waals surface area contributed by atoms with Crippen LogP contribution in [0.2, 0.25) is 0 Å². The third kappa shape index (κ3) is 9.20. The molecule has 17 heteroatoms. The van der Waals surface area contributed by atoms with Crippen molar-refractivity contribution in [1.29, 1.82) is 0 Å². The molecule has 0 spiro atoms. The fourth-order valence-electron chi connectivity index (χ4n) is 4.22. The zero-order valence-corrected chi connectivity index (χ0v) is 26.6. The number of aliphatic hydroxyl groups excluding tert-OH is 3. The van der Waals surface area contributed by atoms with E-state index in [-0.39, 0.29) is 37.8 Å². The Bertz CT molecular complexity index is 1930. The number of nitrogens with zero attached hydrogens (tertiary/aromatic N) is 4. The molecule has 9 N–H and O–H groups in total. The van der Waals surface area contributed by atoms with Crippen LogP contribution in [0.5, 0.6) is 0 Å². The number of nitrogens with one attached hydrogen (secondary N) is 2. The van der Waals surface area contributed by atoms with Crippen LogP contribution in [-0.2, 0) is 21.1 Å². The molecule has 0 fully saturated rings. The number of anilines is 1. The van der Waals surface area contributed by atoms with Crippen LogP contribution in [-0.4, -0.2) is 79.8 Å². The van der Waals surface area contributed by atoms with Gasteiger partial charge in [-0.2, -0.15) is 0 Å². The van der Waals surface area contributed by atoms with Crippen molar-refractivity contribution in [1.82, 2.24) is 24.4 Å². The first-order valence-electron chi connectivity index (χ1n) is 14.0. The number of pyridine rings is 2. The summed E-state index contributed by atoms with van der Waals surface area (Å²) in [6.45, 7) is -0.381. The molecule has 0 aliphatic heterocycles. The molecule has 0 bridgehead atoms. The van der Waals surface area contributed by atoms with Crippen LogP contribution in [0.1, 0.15) is 5.69 Å². The smallest absolute Gasteiger partial charge is 0.396 e. The van der Waals surface area contributed by atoms with Crippen molar-refractivity contribution in [3.05, 3.63) is 97.1 Å². The molecule has 3 heterocycles. The SMILES string of the molecule is NCC(CO)(CO)CO.O=P(O)(O)NS(=O)(=O)c1cncc(-c2nc(NCc3ccccn3)c3c(-c4ccccc4)cccc3n2)c1. The lowest BCUT2D eigenvalue weighted by molar-refractivity contribution is 0.0126. The number of hydrogen-bond donors (Lipinski definition) is 8. The van der Waals surface area contributed by atoms with Crippen molar-refractivity contribution in [2.45, 2.75) is 11.4 Å². The summed E-state index contributed by atoms with van der Waals surface area (Å²) in [5.74, 6) is 0.670. The molecule has 0 saturated heterocycles. The minimum absolute atomic E-state index is 0.0938. The van der Waals surface area contributed by atoms with Gasteiger partial charge in [0.2, 0.25) is 0 Å². The van der Waals surface area contributed by atoms with Gasteiger partial charge < -0.3 is 36.2 Å². The largest absolute Gasteiger partial charge is 0.414 e. The fourth-order valence-corrected chi connectivity index (χ4v) is 6.37. The van der Waals surface area contributed by atoms with Gasteiger partial charge in [0.15, 0.2) is 5.82 Å². The van der Waals surface area contributed by atoms with Gasteiger partial charge >= 0.3 is 7.75 Å². The van der Waals surface area contributed by atoms with Crippen LogP contribution in [0, 0.1) is 5.41 Å². The van der Waals surface area contributed by atoms with E-state index in [1.165, 1.54) is 16.8 Å². The van der Waals surface area contributed by atoms with Crippen LogP contribution < -0.4 is 15.5 Å². The maximum Gasteiger partial charge on any atom is 0.414 e. The van der Waals surface area contributed by atoms with Crippen LogP contribution in [0.25, 0.3) is 33.4 Å². The summed E-state index contributed by atoms with van der Waals surface area (Å²) in [6.07, 6.45) is 4.05. The Morgan fingerprint density at radius 3 is 2.15 bits per heavy atom. The molecule has 0 unspecified atom stereocenters. The zero-order valence-electron chi connectivity index (χ0n) is 24.9. The number of fused-ring (bicyclic) bond motifs is 1. The summed E-state index contributed by atoms with van der Waals surface area (Å²) in [6, 6.07) is 22.2. The van der Waals surface area contributed by atoms with Crippen molar-refractivity contribution in [2.24, 2.45) is 11.1 Å². The predicted octanol–water partition coefficient (Wildman–Crippen LogP) is 1.65. The number of rotatable bonds is 12. The molecular formula is C30H34N7O8PS. The van der Waals surface area contributed by atoms with Gasteiger partial charge in [0, 0.05) is 30.7 Å². The summed E-state index contributed by atoms with van der Waals surface area (Å²) in [5.41, 5.74) is 7.77. The van der Waals surface area contributed by atoms with Crippen LogP contribution >= 0.6 is 7.75 Å². The average molecular weight is 684 g/mol. The average Bonchev–Trinajstić information content (AvgIpc) is 3.08. The van der Waals surface area contributed by atoms with Gasteiger partial charge in [-0.1, -0.05) is 48.5 Å². The third-order valence-corrected chi connectivity index (χ3v) is 9.69. The Kier molecular flexibility index (Phi) is 11.8. The molecular weight excluding hydrogens is 649 g/mol. The van der Waals surface area contributed by atoms with E-state index in [4.69, 9.17) is 35.8 Å². The van der Waals surface area contributed by atoms with E-state index in [9.17, 15) is 13.0 Å². The minimum atomic E-state index is -5.07. The molecule has 5 rings (SSSR count). The highest BCUT2D eigenvalue weighted by Crippen LogP contribution is 2.35. The topological polar surface area (TPSA) is 254 Å². The van der Waals surface area contributed by atoms with E-state index in [1.807, 2.05) is 66.7 Å². The zero-order chi connectivity index (χ0) is 34.1. The molecule has 0 amide bonds. The van der Waals surface area contributed by atoms with Gasteiger partial charge in [0.25, 0.3) is 10.0 Å². The van der Waals surface area contributed by atoms with Gasteiger partial charge in [0.05, 0.1) is 48.4 Å². The quantitative estimate of drug-likeness (QED) is 0.0871. The summed E-state index contributed by atoms with van der Waals surface area (Å²) in [7, 11) is -9.61. The lowest BCUT2D eigenvalue weighted by Crippen LogP contribution is -2.41. The molecule has 15 nitrogen and oxygen atoms in total. The number of aromatic nitrogens is 4. The summed E-state index contributed by atoms with van der Waals surface area (Å²) >= 11 is 0. The molecule has 0 atom stereocenters. The van der Waals surface area contributed by atoms with Crippen molar-refractivity contribution in [3.63, 3.8) is 0 Å². The molecule has 3 aromatic heterocycles. The van der Waals surface area contributed by atoms with E-state index in [0.717, 1.165) is 28.4 Å². The first kappa shape index (κ1) is 35.6. The van der Waals surface area contributed by atoms with Crippen molar-refractivity contribution in [3.8, 4) is 22.5 Å². The second-order valence-corrected chi connectivity index (χ2v) is 13.7. The maximum absolute atomic E-state index is 12.5. The number of benzene rings is 2. The molecule has 0 aliphatic carbocycles. The van der Waals surface area contributed by atoms with Crippen LogP contribution in [0.15, 0.2) is 96.3 Å². The van der Waals surface area contributed by atoms with Crippen molar-refractivity contribution in [2.75, 3.05) is 31.7 Å². The molecule has 0 saturated carbocycles. The summed E-state index contributed by atoms with van der Waals surface area (Å²) in [5, 5.41) is 29.8. The fraction of sp³-hybridized carbons (Fsp3) is 0.200. The van der Waals surface area contributed by atoms with Gasteiger partial charge in [-0.25, -0.2) is 23.0 Å². The standard InChI is InChI=1S/C25H21N6O5PS.C5H13NO3/c32-37(33,34)31-38(35,36)20-13-18(14-26-16-20)24-29-22-11-6-10-21(17-7-2-1-3-8-17)23(22)25(30-24)28-15-19-9-4-5-12-27-19;6-1-5(2-7,3-8)4-9/h1-14,16H,15H2,(H,28,29,30)(H3,31,32,33,34);7-9H,1-4,6H2. The van der Waals surface area contributed by atoms with Crippen molar-refractivity contribution >= 4 is 34.5 Å². The van der Waals surface area contributed by atoms with E-state index in [1.54, 1.807) is 6.20 Å². The van der Waals surface area contributed by atoms with E-state index >= 15 is 0 Å². The van der Waals surface area contributed by atoms with E-state index in [2.05, 4.69) is 20.3 Å². The predicted molar refractivity (Wildman–Crippen MR) is 175 cm³/mol. The Hall–Kier alpha value is -4.22. The van der Waals surface area contributed by atoms with Crippen LogP contribution in [0.3, 0.4) is 0 Å². The summed E-state index contributed by atoms with van der Waals surface area (Å²) < 4.78 is 37.5. The summed E-state index contributed by atoms with van der Waals surface area (Å²) in [4.78, 5) is 35.4.